The van der Waals surface area contributed by atoms with Gasteiger partial charge in [0.15, 0.2) is 0 Å². The standard InChI is InChI=1S/C21H20O3/c1-5-6-15-18(22)14-10-8-12-7-9-13(21(2,3)4)11-16(12)17(14)20(24)19(15)23/h5,7-11,22H,1,6H2,2-4H3. The zero-order valence-electron chi connectivity index (χ0n) is 14.1. The van der Waals surface area contributed by atoms with Crippen molar-refractivity contribution in [3.8, 4) is 0 Å². The van der Waals surface area contributed by atoms with E-state index in [4.69, 9.17) is 0 Å². The van der Waals surface area contributed by atoms with E-state index in [2.05, 4.69) is 27.4 Å². The maximum absolute atomic E-state index is 12.7. The lowest BCUT2D eigenvalue weighted by Gasteiger charge is -2.22. The Balaban J connectivity index is 2.37. The summed E-state index contributed by atoms with van der Waals surface area (Å²) in [6, 6.07) is 9.50. The van der Waals surface area contributed by atoms with Crippen LogP contribution in [0.1, 0.15) is 48.7 Å². The molecule has 1 aliphatic carbocycles. The van der Waals surface area contributed by atoms with Crippen LogP contribution in [0.15, 0.2) is 48.6 Å². The number of ketones is 2. The van der Waals surface area contributed by atoms with Gasteiger partial charge >= 0.3 is 0 Å². The van der Waals surface area contributed by atoms with Gasteiger partial charge in [-0.1, -0.05) is 45.0 Å². The summed E-state index contributed by atoms with van der Waals surface area (Å²) in [6.07, 6.45) is 1.69. The van der Waals surface area contributed by atoms with E-state index in [1.807, 2.05) is 24.3 Å². The van der Waals surface area contributed by atoms with Crippen molar-refractivity contribution in [2.24, 2.45) is 0 Å². The highest BCUT2D eigenvalue weighted by Crippen LogP contribution is 2.36. The van der Waals surface area contributed by atoms with Gasteiger partial charge in [-0.2, -0.15) is 0 Å². The van der Waals surface area contributed by atoms with Gasteiger partial charge in [0.25, 0.3) is 0 Å². The van der Waals surface area contributed by atoms with Crippen LogP contribution in [0.4, 0.5) is 0 Å². The number of hydrogen-bond donors (Lipinski definition) is 1. The first kappa shape index (κ1) is 16.2. The number of carbonyl (C=O) groups is 2. The molecule has 0 atom stereocenters. The van der Waals surface area contributed by atoms with Crippen LogP contribution in [0.2, 0.25) is 0 Å². The molecule has 0 saturated heterocycles. The Hall–Kier alpha value is -2.68. The number of benzene rings is 2. The molecule has 0 amide bonds. The lowest BCUT2D eigenvalue weighted by atomic mass is 9.81. The highest BCUT2D eigenvalue weighted by molar-refractivity contribution is 6.53. The van der Waals surface area contributed by atoms with Gasteiger partial charge in [-0.05, 0) is 40.3 Å². The van der Waals surface area contributed by atoms with Gasteiger partial charge in [0.2, 0.25) is 11.6 Å². The number of rotatable bonds is 2. The van der Waals surface area contributed by atoms with Crippen molar-refractivity contribution in [2.75, 3.05) is 0 Å². The summed E-state index contributed by atoms with van der Waals surface area (Å²) < 4.78 is 0. The number of aliphatic hydroxyl groups is 1. The Kier molecular flexibility index (Phi) is 3.67. The fourth-order valence-electron chi connectivity index (χ4n) is 3.08. The average Bonchev–Trinajstić information content (AvgIpc) is 2.54. The topological polar surface area (TPSA) is 54.4 Å². The number of aliphatic hydroxyl groups excluding tert-OH is 1. The first-order valence-corrected chi connectivity index (χ1v) is 7.95. The van der Waals surface area contributed by atoms with Crippen LogP contribution in [0.3, 0.4) is 0 Å². The third-order valence-electron chi connectivity index (χ3n) is 4.48. The van der Waals surface area contributed by atoms with E-state index < -0.39 is 11.6 Å². The predicted octanol–water partition coefficient (Wildman–Crippen LogP) is 4.75. The third kappa shape index (κ3) is 2.37. The van der Waals surface area contributed by atoms with E-state index >= 15 is 0 Å². The van der Waals surface area contributed by atoms with Gasteiger partial charge in [0, 0.05) is 16.7 Å². The van der Waals surface area contributed by atoms with Crippen LogP contribution >= 0.6 is 0 Å². The Bertz CT molecular complexity index is 924. The molecule has 0 heterocycles. The Labute approximate surface area is 141 Å². The van der Waals surface area contributed by atoms with Crippen LogP contribution < -0.4 is 0 Å². The monoisotopic (exact) mass is 320 g/mol. The zero-order valence-corrected chi connectivity index (χ0v) is 14.1. The molecule has 2 aromatic carbocycles. The Morgan fingerprint density at radius 2 is 1.75 bits per heavy atom. The van der Waals surface area contributed by atoms with Crippen molar-refractivity contribution < 1.29 is 14.7 Å². The second-order valence-electron chi connectivity index (χ2n) is 7.15. The highest BCUT2D eigenvalue weighted by Gasteiger charge is 2.33. The van der Waals surface area contributed by atoms with E-state index in [9.17, 15) is 14.7 Å². The van der Waals surface area contributed by atoms with Crippen LogP contribution in [0.5, 0.6) is 0 Å². The summed E-state index contributed by atoms with van der Waals surface area (Å²) >= 11 is 0. The lowest BCUT2D eigenvalue weighted by molar-refractivity contribution is -0.112. The van der Waals surface area contributed by atoms with E-state index in [-0.39, 0.29) is 23.2 Å². The maximum atomic E-state index is 12.7. The molecule has 0 bridgehead atoms. The summed E-state index contributed by atoms with van der Waals surface area (Å²) in [7, 11) is 0. The quantitative estimate of drug-likeness (QED) is 0.642. The number of carbonyl (C=O) groups excluding carboxylic acids is 2. The van der Waals surface area contributed by atoms with Gasteiger partial charge in [-0.25, -0.2) is 0 Å². The number of hydrogen-bond acceptors (Lipinski definition) is 3. The normalized spacial score (nSPS) is 15.0. The van der Waals surface area contributed by atoms with Crippen molar-refractivity contribution in [1.29, 1.82) is 0 Å². The first-order valence-electron chi connectivity index (χ1n) is 7.95. The molecule has 2 aromatic rings. The van der Waals surface area contributed by atoms with Crippen molar-refractivity contribution in [3.05, 3.63) is 65.3 Å². The molecule has 0 fully saturated rings. The number of Topliss-reactive ketones (excluding diaryl/α,β-unsaturated/α-hetero) is 2. The second kappa shape index (κ2) is 5.45. The molecule has 0 saturated carbocycles. The molecule has 24 heavy (non-hydrogen) atoms. The molecule has 3 nitrogen and oxygen atoms in total. The van der Waals surface area contributed by atoms with Crippen LogP contribution in [0.25, 0.3) is 16.5 Å². The Morgan fingerprint density at radius 1 is 1.08 bits per heavy atom. The van der Waals surface area contributed by atoms with E-state index in [1.54, 1.807) is 6.07 Å². The molecular formula is C21H20O3. The number of allylic oxidation sites excluding steroid dienone is 2. The SMILES string of the molecule is C=CCC1=C(O)c2ccc3ccc(C(C)(C)C)cc3c2C(=O)C1=O. The highest BCUT2D eigenvalue weighted by atomic mass is 16.3. The molecule has 0 aliphatic heterocycles. The van der Waals surface area contributed by atoms with Gasteiger partial charge in [-0.15, -0.1) is 6.58 Å². The zero-order chi connectivity index (χ0) is 17.6. The minimum absolute atomic E-state index is 0.0788. The molecule has 0 unspecified atom stereocenters. The van der Waals surface area contributed by atoms with Gasteiger partial charge in [-0.3, -0.25) is 9.59 Å². The van der Waals surface area contributed by atoms with E-state index in [0.717, 1.165) is 10.9 Å². The fourth-order valence-corrected chi connectivity index (χ4v) is 3.08. The molecule has 122 valence electrons. The minimum Gasteiger partial charge on any atom is -0.507 e. The van der Waals surface area contributed by atoms with Crippen molar-refractivity contribution in [3.63, 3.8) is 0 Å². The maximum Gasteiger partial charge on any atom is 0.234 e. The molecule has 3 heteroatoms. The third-order valence-corrected chi connectivity index (χ3v) is 4.48. The van der Waals surface area contributed by atoms with Crippen molar-refractivity contribution in [2.45, 2.75) is 32.6 Å². The van der Waals surface area contributed by atoms with Crippen molar-refractivity contribution in [1.82, 2.24) is 0 Å². The van der Waals surface area contributed by atoms with E-state index in [0.29, 0.717) is 16.5 Å². The average molecular weight is 320 g/mol. The molecule has 0 radical (unpaired) electrons. The first-order chi connectivity index (χ1) is 11.3. The molecular weight excluding hydrogens is 300 g/mol. The largest absolute Gasteiger partial charge is 0.507 e. The predicted molar refractivity (Wildman–Crippen MR) is 96.3 cm³/mol. The summed E-state index contributed by atoms with van der Waals surface area (Å²) in [6.45, 7) is 9.86. The lowest BCUT2D eigenvalue weighted by Crippen LogP contribution is -2.24. The summed E-state index contributed by atoms with van der Waals surface area (Å²) in [5.74, 6) is -1.32. The molecule has 0 aromatic heterocycles. The smallest absolute Gasteiger partial charge is 0.234 e. The van der Waals surface area contributed by atoms with Crippen LogP contribution in [0, 0.1) is 0 Å². The number of fused-ring (bicyclic) bond motifs is 3. The minimum atomic E-state index is -0.645. The second-order valence-corrected chi connectivity index (χ2v) is 7.15. The van der Waals surface area contributed by atoms with Crippen molar-refractivity contribution >= 4 is 28.1 Å². The fraction of sp³-hybridized carbons (Fsp3) is 0.238. The summed E-state index contributed by atoms with van der Waals surface area (Å²) in [5.41, 5.74) is 1.84. The van der Waals surface area contributed by atoms with Gasteiger partial charge in [0.1, 0.15) is 5.76 Å². The molecule has 3 rings (SSSR count). The summed E-state index contributed by atoms with van der Waals surface area (Å²) in [4.78, 5) is 25.1. The summed E-state index contributed by atoms with van der Waals surface area (Å²) in [5, 5.41) is 12.1. The van der Waals surface area contributed by atoms with E-state index in [1.165, 1.54) is 6.08 Å². The van der Waals surface area contributed by atoms with Crippen LogP contribution in [-0.2, 0) is 10.2 Å². The molecule has 0 spiro atoms. The van der Waals surface area contributed by atoms with Gasteiger partial charge in [0.05, 0.1) is 0 Å². The molecule has 1 N–H and O–H groups in total. The molecule has 1 aliphatic rings. The van der Waals surface area contributed by atoms with Gasteiger partial charge < -0.3 is 5.11 Å². The Morgan fingerprint density at radius 3 is 2.38 bits per heavy atom. The van der Waals surface area contributed by atoms with Crippen LogP contribution in [-0.4, -0.2) is 16.7 Å².